The molecule has 0 amide bonds. The van der Waals surface area contributed by atoms with E-state index in [2.05, 4.69) is 12.6 Å². The Morgan fingerprint density at radius 3 is 2.23 bits per heavy atom. The van der Waals surface area contributed by atoms with Gasteiger partial charge in [-0.3, -0.25) is 0 Å². The standard InChI is InChI=1S/C8H6ClF3S/c1-4-2-5(8(10,11)12)3-6(13)7(4)9/h2-3,13H,1H3. The van der Waals surface area contributed by atoms with E-state index < -0.39 is 11.7 Å². The Balaban J connectivity index is 3.29. The number of halogens is 4. The topological polar surface area (TPSA) is 0 Å². The number of hydrogen-bond donors (Lipinski definition) is 1. The van der Waals surface area contributed by atoms with E-state index in [9.17, 15) is 13.2 Å². The molecule has 0 unspecified atom stereocenters. The van der Waals surface area contributed by atoms with Crippen LogP contribution in [0.3, 0.4) is 0 Å². The van der Waals surface area contributed by atoms with Crippen molar-refractivity contribution in [3.05, 3.63) is 28.3 Å². The molecule has 1 rings (SSSR count). The van der Waals surface area contributed by atoms with E-state index >= 15 is 0 Å². The molecule has 0 saturated carbocycles. The van der Waals surface area contributed by atoms with Gasteiger partial charge in [-0.1, -0.05) is 11.6 Å². The van der Waals surface area contributed by atoms with Crippen LogP contribution in [0.5, 0.6) is 0 Å². The molecule has 0 bridgehead atoms. The fourth-order valence-electron chi connectivity index (χ4n) is 0.915. The molecule has 0 spiro atoms. The molecule has 0 aliphatic carbocycles. The molecular formula is C8H6ClF3S. The van der Waals surface area contributed by atoms with Crippen molar-refractivity contribution in [1.82, 2.24) is 0 Å². The molecule has 0 nitrogen and oxygen atoms in total. The number of alkyl halides is 3. The van der Waals surface area contributed by atoms with Crippen LogP contribution < -0.4 is 0 Å². The van der Waals surface area contributed by atoms with Crippen molar-refractivity contribution in [2.75, 3.05) is 0 Å². The van der Waals surface area contributed by atoms with Gasteiger partial charge in [0, 0.05) is 4.90 Å². The Labute approximate surface area is 84.1 Å². The SMILES string of the molecule is Cc1cc(C(F)(F)F)cc(S)c1Cl. The van der Waals surface area contributed by atoms with Gasteiger partial charge in [-0.25, -0.2) is 0 Å². The minimum atomic E-state index is -4.34. The molecular weight excluding hydrogens is 221 g/mol. The molecule has 0 atom stereocenters. The summed E-state index contributed by atoms with van der Waals surface area (Å²) in [6.07, 6.45) is -4.34. The summed E-state index contributed by atoms with van der Waals surface area (Å²) in [6, 6.07) is 1.92. The predicted molar refractivity (Wildman–Crippen MR) is 48.4 cm³/mol. The third-order valence-corrected chi connectivity index (χ3v) is 2.55. The first-order valence-electron chi connectivity index (χ1n) is 3.38. The lowest BCUT2D eigenvalue weighted by Gasteiger charge is -2.09. The zero-order chi connectivity index (χ0) is 10.2. The van der Waals surface area contributed by atoms with E-state index in [0.29, 0.717) is 5.56 Å². The summed E-state index contributed by atoms with van der Waals surface area (Å²) < 4.78 is 36.6. The highest BCUT2D eigenvalue weighted by atomic mass is 35.5. The Hall–Kier alpha value is -0.350. The molecule has 0 N–H and O–H groups in total. The molecule has 13 heavy (non-hydrogen) atoms. The summed E-state index contributed by atoms with van der Waals surface area (Å²) in [6.45, 7) is 1.51. The molecule has 72 valence electrons. The van der Waals surface area contributed by atoms with Gasteiger partial charge in [-0.2, -0.15) is 13.2 Å². The van der Waals surface area contributed by atoms with Crippen molar-refractivity contribution in [3.8, 4) is 0 Å². The van der Waals surface area contributed by atoms with Gasteiger partial charge in [-0.05, 0) is 24.6 Å². The lowest BCUT2D eigenvalue weighted by atomic mass is 10.1. The predicted octanol–water partition coefficient (Wildman–Crippen LogP) is 3.96. The molecule has 1 aromatic rings. The molecule has 0 radical (unpaired) electrons. The van der Waals surface area contributed by atoms with Crippen LogP contribution >= 0.6 is 24.2 Å². The van der Waals surface area contributed by atoms with Gasteiger partial charge in [-0.15, -0.1) is 12.6 Å². The lowest BCUT2D eigenvalue weighted by Crippen LogP contribution is -2.05. The average Bonchev–Trinajstić information content (AvgIpc) is 1.97. The van der Waals surface area contributed by atoms with Crippen molar-refractivity contribution in [2.24, 2.45) is 0 Å². The van der Waals surface area contributed by atoms with E-state index in [1.165, 1.54) is 6.92 Å². The smallest absolute Gasteiger partial charge is 0.166 e. The average molecular weight is 227 g/mol. The molecule has 0 aliphatic heterocycles. The molecule has 0 heterocycles. The Morgan fingerprint density at radius 2 is 1.85 bits per heavy atom. The van der Waals surface area contributed by atoms with Gasteiger partial charge in [0.15, 0.2) is 0 Å². The highest BCUT2D eigenvalue weighted by Crippen LogP contribution is 2.34. The van der Waals surface area contributed by atoms with E-state index in [1.54, 1.807) is 0 Å². The van der Waals surface area contributed by atoms with Gasteiger partial charge in [0.1, 0.15) is 0 Å². The second kappa shape index (κ2) is 3.42. The van der Waals surface area contributed by atoms with Crippen LogP contribution in [0.25, 0.3) is 0 Å². The second-order valence-corrected chi connectivity index (χ2v) is 3.48. The first kappa shape index (κ1) is 10.7. The van der Waals surface area contributed by atoms with Crippen LogP contribution in [0.15, 0.2) is 17.0 Å². The molecule has 0 fully saturated rings. The number of benzene rings is 1. The van der Waals surface area contributed by atoms with E-state index in [4.69, 9.17) is 11.6 Å². The van der Waals surface area contributed by atoms with Crippen molar-refractivity contribution in [2.45, 2.75) is 18.0 Å². The Kier molecular flexibility index (Phi) is 2.82. The quantitative estimate of drug-likeness (QED) is 0.636. The number of thiol groups is 1. The largest absolute Gasteiger partial charge is 0.416 e. The van der Waals surface area contributed by atoms with Crippen LogP contribution in [0.4, 0.5) is 13.2 Å². The third-order valence-electron chi connectivity index (χ3n) is 1.56. The maximum atomic E-state index is 12.2. The van der Waals surface area contributed by atoms with Crippen molar-refractivity contribution < 1.29 is 13.2 Å². The van der Waals surface area contributed by atoms with Gasteiger partial charge < -0.3 is 0 Å². The molecule has 0 aromatic heterocycles. The highest BCUT2D eigenvalue weighted by molar-refractivity contribution is 7.80. The van der Waals surface area contributed by atoms with Gasteiger partial charge >= 0.3 is 6.18 Å². The zero-order valence-corrected chi connectivity index (χ0v) is 8.26. The minimum absolute atomic E-state index is 0.147. The summed E-state index contributed by atoms with van der Waals surface area (Å²) in [5.41, 5.74) is -0.346. The molecule has 5 heteroatoms. The lowest BCUT2D eigenvalue weighted by molar-refractivity contribution is -0.137. The Bertz CT molecular complexity index is 310. The van der Waals surface area contributed by atoms with Crippen LogP contribution in [-0.4, -0.2) is 0 Å². The summed E-state index contributed by atoms with van der Waals surface area (Å²) in [5, 5.41) is 0.260. The monoisotopic (exact) mass is 226 g/mol. The molecule has 0 saturated heterocycles. The maximum absolute atomic E-state index is 12.2. The number of aryl methyl sites for hydroxylation is 1. The normalized spacial score (nSPS) is 11.8. The summed E-state index contributed by atoms with van der Waals surface area (Å²) in [4.78, 5) is 0.147. The van der Waals surface area contributed by atoms with Crippen LogP contribution in [0.2, 0.25) is 5.02 Å². The third kappa shape index (κ3) is 2.31. The van der Waals surface area contributed by atoms with Crippen molar-refractivity contribution in [1.29, 1.82) is 0 Å². The second-order valence-electron chi connectivity index (χ2n) is 2.62. The van der Waals surface area contributed by atoms with E-state index in [1.807, 2.05) is 0 Å². The molecule has 1 aromatic carbocycles. The summed E-state index contributed by atoms with van der Waals surface area (Å²) >= 11 is 9.49. The van der Waals surface area contributed by atoms with Crippen molar-refractivity contribution >= 4 is 24.2 Å². The van der Waals surface area contributed by atoms with E-state index in [0.717, 1.165) is 12.1 Å². The zero-order valence-electron chi connectivity index (χ0n) is 6.61. The minimum Gasteiger partial charge on any atom is -0.166 e. The van der Waals surface area contributed by atoms with Gasteiger partial charge in [0.2, 0.25) is 0 Å². The first-order chi connectivity index (χ1) is 5.82. The fraction of sp³-hybridized carbons (Fsp3) is 0.250. The van der Waals surface area contributed by atoms with Crippen LogP contribution in [0, 0.1) is 6.92 Å². The van der Waals surface area contributed by atoms with Crippen LogP contribution in [-0.2, 0) is 6.18 Å². The van der Waals surface area contributed by atoms with Gasteiger partial charge in [0.25, 0.3) is 0 Å². The first-order valence-corrected chi connectivity index (χ1v) is 4.21. The van der Waals surface area contributed by atoms with Gasteiger partial charge in [0.05, 0.1) is 10.6 Å². The fourth-order valence-corrected chi connectivity index (χ4v) is 1.34. The Morgan fingerprint density at radius 1 is 1.31 bits per heavy atom. The summed E-state index contributed by atoms with van der Waals surface area (Å²) in [5.74, 6) is 0. The van der Waals surface area contributed by atoms with E-state index in [-0.39, 0.29) is 9.92 Å². The highest BCUT2D eigenvalue weighted by Gasteiger charge is 2.31. The maximum Gasteiger partial charge on any atom is 0.416 e. The summed E-state index contributed by atoms with van der Waals surface area (Å²) in [7, 11) is 0. The van der Waals surface area contributed by atoms with Crippen LogP contribution in [0.1, 0.15) is 11.1 Å². The van der Waals surface area contributed by atoms with Crippen molar-refractivity contribution in [3.63, 3.8) is 0 Å². The number of hydrogen-bond acceptors (Lipinski definition) is 1. The number of rotatable bonds is 0. The molecule has 0 aliphatic rings.